The Morgan fingerprint density at radius 2 is 1.96 bits per heavy atom. The number of alkyl halides is 3. The molecule has 2 heterocycles. The van der Waals surface area contributed by atoms with Crippen LogP contribution in [0, 0.1) is 5.92 Å². The van der Waals surface area contributed by atoms with Crippen LogP contribution in [0.2, 0.25) is 0 Å². The number of rotatable bonds is 4. The third kappa shape index (κ3) is 3.53. The molecule has 1 N–H and O–H groups in total. The molecule has 148 valence electrons. The number of benzene rings is 1. The second-order valence-corrected chi connectivity index (χ2v) is 6.36. The first-order valence-corrected chi connectivity index (χ1v) is 8.26. The van der Waals surface area contributed by atoms with E-state index in [2.05, 4.69) is 5.32 Å². The third-order valence-electron chi connectivity index (χ3n) is 4.73. The van der Waals surface area contributed by atoms with Gasteiger partial charge in [-0.25, -0.2) is 0 Å². The normalized spacial score (nSPS) is 20.9. The average Bonchev–Trinajstić information content (AvgIpc) is 3.08. The van der Waals surface area contributed by atoms with Crippen LogP contribution >= 0.6 is 0 Å². The van der Waals surface area contributed by atoms with Crippen LogP contribution in [0.3, 0.4) is 0 Å². The largest absolute Gasteiger partial charge is 0.545 e. The van der Waals surface area contributed by atoms with E-state index in [-0.39, 0.29) is 17.5 Å². The van der Waals surface area contributed by atoms with Crippen molar-refractivity contribution in [1.29, 1.82) is 0 Å². The van der Waals surface area contributed by atoms with Gasteiger partial charge in [0, 0.05) is 29.5 Å². The van der Waals surface area contributed by atoms with Gasteiger partial charge in [0.15, 0.2) is 0 Å². The van der Waals surface area contributed by atoms with Gasteiger partial charge < -0.3 is 29.5 Å². The van der Waals surface area contributed by atoms with E-state index in [4.69, 9.17) is 4.42 Å². The first kappa shape index (κ1) is 19.7. The van der Waals surface area contributed by atoms with Crippen LogP contribution in [0.15, 0.2) is 46.6 Å². The summed E-state index contributed by atoms with van der Waals surface area (Å²) in [4.78, 5) is 22.2. The molecule has 0 bridgehead atoms. The number of carbonyl (C=O) groups is 2. The Labute approximate surface area is 156 Å². The maximum atomic E-state index is 13.2. The van der Waals surface area contributed by atoms with Gasteiger partial charge in [-0.1, -0.05) is 19.1 Å². The Balaban J connectivity index is 2.08. The Morgan fingerprint density at radius 1 is 1.25 bits per heavy atom. The number of carbonyl (C=O) groups excluding carboxylic acids is 2. The summed E-state index contributed by atoms with van der Waals surface area (Å²) in [5.41, 5.74) is -0.430. The number of furan rings is 1. The smallest absolute Gasteiger partial charge is 0.417 e. The van der Waals surface area contributed by atoms with Gasteiger partial charge in [-0.2, -0.15) is 13.2 Å². The molecule has 1 aliphatic heterocycles. The predicted molar refractivity (Wildman–Crippen MR) is 88.2 cm³/mol. The van der Waals surface area contributed by atoms with Crippen molar-refractivity contribution in [3.05, 3.63) is 53.3 Å². The molecular weight excluding hydrogens is 379 g/mol. The molecule has 0 saturated heterocycles. The molecule has 1 aliphatic rings. The number of aliphatic carboxylic acids is 2. The van der Waals surface area contributed by atoms with Crippen LogP contribution in [-0.2, 0) is 15.8 Å². The van der Waals surface area contributed by atoms with Crippen LogP contribution < -0.4 is 15.5 Å². The minimum Gasteiger partial charge on any atom is -0.545 e. The van der Waals surface area contributed by atoms with Gasteiger partial charge in [-0.3, -0.25) is 0 Å². The number of halogens is 3. The second kappa shape index (κ2) is 7.16. The summed E-state index contributed by atoms with van der Waals surface area (Å²) < 4.78 is 44.9. The van der Waals surface area contributed by atoms with E-state index >= 15 is 0 Å². The van der Waals surface area contributed by atoms with Crippen molar-refractivity contribution >= 4 is 28.5 Å². The summed E-state index contributed by atoms with van der Waals surface area (Å²) in [6.07, 6.45) is -1.27. The Hall–Kier alpha value is -3.07. The lowest BCUT2D eigenvalue weighted by Crippen LogP contribution is -2.46. The van der Waals surface area contributed by atoms with E-state index in [0.29, 0.717) is 17.2 Å². The van der Waals surface area contributed by atoms with Crippen molar-refractivity contribution < 1.29 is 37.4 Å². The molecule has 0 fully saturated rings. The number of hydrogen-bond acceptors (Lipinski definition) is 6. The van der Waals surface area contributed by atoms with E-state index in [1.165, 1.54) is 12.1 Å². The Morgan fingerprint density at radius 3 is 2.57 bits per heavy atom. The molecule has 2 atom stereocenters. The van der Waals surface area contributed by atoms with E-state index in [1.807, 2.05) is 0 Å². The van der Waals surface area contributed by atoms with Crippen LogP contribution in [0.5, 0.6) is 0 Å². The van der Waals surface area contributed by atoms with Crippen LogP contribution in [0.1, 0.15) is 18.1 Å². The van der Waals surface area contributed by atoms with Gasteiger partial charge in [0.2, 0.25) is 0 Å². The quantitative estimate of drug-likeness (QED) is 0.773. The topological polar surface area (TPSA) is 105 Å². The molecule has 28 heavy (non-hydrogen) atoms. The summed E-state index contributed by atoms with van der Waals surface area (Å²) in [6.45, 7) is 1.80. The van der Waals surface area contributed by atoms with Crippen LogP contribution in [-0.4, -0.2) is 24.5 Å². The maximum Gasteiger partial charge on any atom is 0.417 e. The molecule has 6 nitrogen and oxygen atoms in total. The summed E-state index contributed by atoms with van der Waals surface area (Å²) in [7, 11) is 0. The van der Waals surface area contributed by atoms with Gasteiger partial charge in [0.05, 0.1) is 23.8 Å². The minimum absolute atomic E-state index is 0.0208. The van der Waals surface area contributed by atoms with Crippen LogP contribution in [0.4, 0.5) is 13.2 Å². The molecular formula is C19H14F3NO5-2. The predicted octanol–water partition coefficient (Wildman–Crippen LogP) is 0.869. The SMILES string of the molecule is CC1C(c2ccc(C(F)(F)F)c3ccoc23)=CCNC1/C(=C\C(=O)[O-])C(=O)[O-]. The lowest BCUT2D eigenvalue weighted by molar-refractivity contribution is -0.303. The van der Waals surface area contributed by atoms with Crippen molar-refractivity contribution in [2.75, 3.05) is 6.54 Å². The van der Waals surface area contributed by atoms with Crippen molar-refractivity contribution in [2.24, 2.45) is 5.92 Å². The average molecular weight is 393 g/mol. The fourth-order valence-corrected chi connectivity index (χ4v) is 3.51. The monoisotopic (exact) mass is 393 g/mol. The summed E-state index contributed by atoms with van der Waals surface area (Å²) in [5, 5.41) is 25.0. The molecule has 0 spiro atoms. The molecule has 0 saturated carbocycles. The van der Waals surface area contributed by atoms with E-state index in [9.17, 15) is 33.0 Å². The highest BCUT2D eigenvalue weighted by molar-refractivity contribution is 5.96. The summed E-state index contributed by atoms with van der Waals surface area (Å²) in [5.74, 6) is -3.96. The number of carboxylic acids is 2. The third-order valence-corrected chi connectivity index (χ3v) is 4.73. The molecule has 1 aromatic carbocycles. The minimum atomic E-state index is -4.56. The lowest BCUT2D eigenvalue weighted by Gasteiger charge is -2.34. The first-order chi connectivity index (χ1) is 13.1. The lowest BCUT2D eigenvalue weighted by atomic mass is 9.81. The highest BCUT2D eigenvalue weighted by Gasteiger charge is 2.35. The Bertz CT molecular complexity index is 1000. The van der Waals surface area contributed by atoms with E-state index in [0.717, 1.165) is 12.3 Å². The highest BCUT2D eigenvalue weighted by atomic mass is 19.4. The molecule has 1 aromatic heterocycles. The van der Waals surface area contributed by atoms with E-state index in [1.54, 1.807) is 13.0 Å². The molecule has 0 radical (unpaired) electrons. The van der Waals surface area contributed by atoms with Crippen molar-refractivity contribution in [3.63, 3.8) is 0 Å². The van der Waals surface area contributed by atoms with Gasteiger partial charge in [0.25, 0.3) is 0 Å². The molecule has 9 heteroatoms. The number of nitrogens with one attached hydrogen (secondary N) is 1. The highest BCUT2D eigenvalue weighted by Crippen LogP contribution is 2.40. The fourth-order valence-electron chi connectivity index (χ4n) is 3.51. The zero-order valence-electron chi connectivity index (χ0n) is 14.5. The fraction of sp³-hybridized carbons (Fsp3) is 0.263. The van der Waals surface area contributed by atoms with Gasteiger partial charge >= 0.3 is 6.18 Å². The molecule has 2 unspecified atom stereocenters. The number of fused-ring (bicyclic) bond motifs is 1. The molecule has 2 aromatic rings. The van der Waals surface area contributed by atoms with Crippen molar-refractivity contribution in [2.45, 2.75) is 19.1 Å². The maximum absolute atomic E-state index is 13.2. The summed E-state index contributed by atoms with van der Waals surface area (Å²) >= 11 is 0. The van der Waals surface area contributed by atoms with Crippen LogP contribution in [0.25, 0.3) is 16.5 Å². The standard InChI is InChI=1S/C19H16F3NO5/c1-9-10(4-6-23-16(9)13(18(26)27)8-15(24)25)11-2-3-14(19(20,21)22)12-5-7-28-17(11)12/h2-5,7-9,16,23H,6H2,1H3,(H,24,25)(H,26,27)/p-2/b13-8+. The molecule has 0 aliphatic carbocycles. The molecule has 3 rings (SSSR count). The first-order valence-electron chi connectivity index (χ1n) is 8.26. The summed E-state index contributed by atoms with van der Waals surface area (Å²) in [6, 6.07) is 2.48. The van der Waals surface area contributed by atoms with Gasteiger partial charge in [0.1, 0.15) is 5.58 Å². The van der Waals surface area contributed by atoms with E-state index < -0.39 is 41.2 Å². The van der Waals surface area contributed by atoms with Crippen molar-refractivity contribution in [1.82, 2.24) is 5.32 Å². The zero-order valence-corrected chi connectivity index (χ0v) is 14.5. The number of hydrogen-bond donors (Lipinski definition) is 1. The number of carboxylic acid groups (broad SMARTS) is 2. The molecule has 0 amide bonds. The second-order valence-electron chi connectivity index (χ2n) is 6.36. The Kier molecular flexibility index (Phi) is 5.03. The zero-order chi connectivity index (χ0) is 20.6. The van der Waals surface area contributed by atoms with Gasteiger partial charge in [-0.05, 0) is 29.4 Å². The van der Waals surface area contributed by atoms with Crippen molar-refractivity contribution in [3.8, 4) is 0 Å². The van der Waals surface area contributed by atoms with Gasteiger partial charge in [-0.15, -0.1) is 0 Å².